The molecule has 0 saturated heterocycles. The third-order valence-electron chi connectivity index (χ3n) is 3.09. The molecular formula is C17H23NO6. The summed E-state index contributed by atoms with van der Waals surface area (Å²) in [7, 11) is 4.72. The van der Waals surface area contributed by atoms with E-state index in [1.807, 2.05) is 0 Å². The number of nitrogens with zero attached hydrogens (tertiary/aromatic N) is 1. The lowest BCUT2D eigenvalue weighted by molar-refractivity contribution is -0.400. The summed E-state index contributed by atoms with van der Waals surface area (Å²) >= 11 is 0. The maximum Gasteiger partial charge on any atom is 0.235 e. The first-order chi connectivity index (χ1) is 11.6. The number of benzene rings is 1. The summed E-state index contributed by atoms with van der Waals surface area (Å²) in [6, 6.07) is 3.55. The van der Waals surface area contributed by atoms with Crippen LogP contribution in [0.2, 0.25) is 0 Å². The lowest BCUT2D eigenvalue weighted by Crippen LogP contribution is -2.03. The lowest BCUT2D eigenvalue weighted by atomic mass is 10.1. The topological polar surface area (TPSA) is 80.1 Å². The smallest absolute Gasteiger partial charge is 0.235 e. The van der Waals surface area contributed by atoms with Gasteiger partial charge < -0.3 is 18.9 Å². The molecule has 0 unspecified atom stereocenters. The van der Waals surface area contributed by atoms with Gasteiger partial charge in [-0.25, -0.2) is 0 Å². The molecule has 24 heavy (non-hydrogen) atoms. The molecular weight excluding hydrogens is 314 g/mol. The minimum atomic E-state index is -0.521. The van der Waals surface area contributed by atoms with Gasteiger partial charge in [-0.1, -0.05) is 0 Å². The van der Waals surface area contributed by atoms with Gasteiger partial charge in [-0.2, -0.15) is 0 Å². The van der Waals surface area contributed by atoms with E-state index in [9.17, 15) is 10.1 Å². The van der Waals surface area contributed by atoms with Crippen molar-refractivity contribution in [1.29, 1.82) is 0 Å². The normalized spacial score (nSPS) is 11.1. The second-order valence-electron chi connectivity index (χ2n) is 4.83. The average molecular weight is 337 g/mol. The Balaban J connectivity index is 3.06. The molecule has 7 heteroatoms. The second kappa shape index (κ2) is 11.1. The van der Waals surface area contributed by atoms with Gasteiger partial charge in [0.1, 0.15) is 0 Å². The largest absolute Gasteiger partial charge is 0.504 e. The number of ether oxygens (including phenoxy) is 4. The third-order valence-corrected chi connectivity index (χ3v) is 3.09. The Kier molecular flexibility index (Phi) is 8.99. The van der Waals surface area contributed by atoms with Crippen LogP contribution in [-0.4, -0.2) is 39.5 Å². The van der Waals surface area contributed by atoms with E-state index in [4.69, 9.17) is 18.9 Å². The number of unbranched alkanes of at least 4 members (excludes halogenated alkanes) is 1. The van der Waals surface area contributed by atoms with Gasteiger partial charge >= 0.3 is 0 Å². The molecule has 0 heterocycles. The predicted octanol–water partition coefficient (Wildman–Crippen LogP) is 3.37. The third kappa shape index (κ3) is 6.70. The SMILES string of the molecule is CO/C=C/c1cc(/C=C/[N+](=O)[O-])c(OCCCCOC)c(OC)c1. The van der Waals surface area contributed by atoms with Gasteiger partial charge in [-0.3, -0.25) is 10.1 Å². The van der Waals surface area contributed by atoms with Gasteiger partial charge in [0, 0.05) is 25.4 Å². The molecule has 0 spiro atoms. The molecule has 0 aliphatic carbocycles. The first kappa shape index (κ1) is 19.5. The van der Waals surface area contributed by atoms with E-state index in [1.54, 1.807) is 32.4 Å². The minimum Gasteiger partial charge on any atom is -0.504 e. The van der Waals surface area contributed by atoms with Crippen molar-refractivity contribution in [2.24, 2.45) is 0 Å². The minimum absolute atomic E-state index is 0.465. The highest BCUT2D eigenvalue weighted by Gasteiger charge is 2.12. The molecule has 7 nitrogen and oxygen atoms in total. The molecule has 0 bridgehead atoms. The molecule has 0 atom stereocenters. The van der Waals surface area contributed by atoms with E-state index in [-0.39, 0.29) is 0 Å². The van der Waals surface area contributed by atoms with Crippen LogP contribution in [0.25, 0.3) is 12.2 Å². The summed E-state index contributed by atoms with van der Waals surface area (Å²) < 4.78 is 21.0. The van der Waals surface area contributed by atoms with E-state index in [0.717, 1.165) is 24.6 Å². The van der Waals surface area contributed by atoms with Crippen LogP contribution in [0.4, 0.5) is 0 Å². The summed E-state index contributed by atoms with van der Waals surface area (Å²) in [5.74, 6) is 0.977. The maximum absolute atomic E-state index is 10.6. The zero-order valence-electron chi connectivity index (χ0n) is 14.2. The second-order valence-corrected chi connectivity index (χ2v) is 4.83. The van der Waals surface area contributed by atoms with Crippen LogP contribution in [0, 0.1) is 10.1 Å². The van der Waals surface area contributed by atoms with Gasteiger partial charge in [0.05, 0.1) is 32.0 Å². The Bertz CT molecular complexity index is 583. The van der Waals surface area contributed by atoms with Crippen molar-refractivity contribution in [3.8, 4) is 11.5 Å². The number of hydrogen-bond acceptors (Lipinski definition) is 6. The van der Waals surface area contributed by atoms with Crippen molar-refractivity contribution in [2.75, 3.05) is 34.5 Å². The number of hydrogen-bond donors (Lipinski definition) is 0. The first-order valence-corrected chi connectivity index (χ1v) is 7.47. The summed E-state index contributed by atoms with van der Waals surface area (Å²) in [6.07, 6.45) is 7.18. The molecule has 1 aromatic carbocycles. The molecule has 1 aromatic rings. The molecule has 0 aromatic heterocycles. The van der Waals surface area contributed by atoms with Gasteiger partial charge in [-0.05, 0) is 36.6 Å². The Morgan fingerprint density at radius 3 is 2.50 bits per heavy atom. The van der Waals surface area contributed by atoms with Crippen LogP contribution in [0.3, 0.4) is 0 Å². The van der Waals surface area contributed by atoms with Crippen molar-refractivity contribution in [1.82, 2.24) is 0 Å². The summed E-state index contributed by atoms with van der Waals surface area (Å²) in [5.41, 5.74) is 1.34. The molecule has 0 aliphatic heterocycles. The Hall–Kier alpha value is -2.54. The first-order valence-electron chi connectivity index (χ1n) is 7.47. The molecule has 0 N–H and O–H groups in total. The highest BCUT2D eigenvalue weighted by atomic mass is 16.6. The highest BCUT2D eigenvalue weighted by molar-refractivity contribution is 5.67. The van der Waals surface area contributed by atoms with Crippen LogP contribution >= 0.6 is 0 Å². The summed E-state index contributed by atoms with van der Waals surface area (Å²) in [5, 5.41) is 10.6. The van der Waals surface area contributed by atoms with E-state index in [2.05, 4.69) is 0 Å². The van der Waals surface area contributed by atoms with Crippen molar-refractivity contribution >= 4 is 12.2 Å². The fraction of sp³-hybridized carbons (Fsp3) is 0.412. The molecule has 0 radical (unpaired) electrons. The van der Waals surface area contributed by atoms with Crippen molar-refractivity contribution in [3.05, 3.63) is 45.8 Å². The number of methoxy groups -OCH3 is 3. The van der Waals surface area contributed by atoms with E-state index in [1.165, 1.54) is 19.4 Å². The van der Waals surface area contributed by atoms with Gasteiger partial charge in [0.15, 0.2) is 11.5 Å². The Labute approximate surface area is 141 Å². The molecule has 0 fully saturated rings. The van der Waals surface area contributed by atoms with Crippen molar-refractivity contribution in [2.45, 2.75) is 12.8 Å². The maximum atomic E-state index is 10.6. The van der Waals surface area contributed by atoms with Gasteiger partial charge in [-0.15, -0.1) is 0 Å². The fourth-order valence-corrected chi connectivity index (χ4v) is 1.98. The van der Waals surface area contributed by atoms with Crippen LogP contribution in [-0.2, 0) is 9.47 Å². The lowest BCUT2D eigenvalue weighted by Gasteiger charge is -2.14. The highest BCUT2D eigenvalue weighted by Crippen LogP contribution is 2.34. The zero-order valence-corrected chi connectivity index (χ0v) is 14.2. The van der Waals surface area contributed by atoms with Crippen LogP contribution in [0.15, 0.2) is 24.6 Å². The standard InChI is InChI=1S/C17H23NO6/c1-21-9-4-5-10-24-17-15(6-8-18(19)20)12-14(7-11-22-2)13-16(17)23-3/h6-8,11-13H,4-5,9-10H2,1-3H3/b8-6+,11-7+. The molecule has 0 aliphatic rings. The Morgan fingerprint density at radius 1 is 1.12 bits per heavy atom. The summed E-state index contributed by atoms with van der Waals surface area (Å²) in [6.45, 7) is 1.13. The van der Waals surface area contributed by atoms with Crippen LogP contribution in [0.1, 0.15) is 24.0 Å². The van der Waals surface area contributed by atoms with E-state index >= 15 is 0 Å². The number of rotatable bonds is 11. The molecule has 1 rings (SSSR count). The predicted molar refractivity (Wildman–Crippen MR) is 91.7 cm³/mol. The number of nitro groups is 1. The van der Waals surface area contributed by atoms with Crippen molar-refractivity contribution < 1.29 is 23.9 Å². The fourth-order valence-electron chi connectivity index (χ4n) is 1.98. The van der Waals surface area contributed by atoms with E-state index in [0.29, 0.717) is 30.3 Å². The molecule has 132 valence electrons. The van der Waals surface area contributed by atoms with Gasteiger partial charge in [0.2, 0.25) is 6.20 Å². The molecule has 0 saturated carbocycles. The zero-order chi connectivity index (χ0) is 17.8. The molecule has 0 amide bonds. The van der Waals surface area contributed by atoms with Crippen LogP contribution < -0.4 is 9.47 Å². The average Bonchev–Trinajstić information content (AvgIpc) is 2.58. The Morgan fingerprint density at radius 2 is 1.88 bits per heavy atom. The van der Waals surface area contributed by atoms with E-state index < -0.39 is 4.92 Å². The quantitative estimate of drug-likeness (QED) is 0.267. The van der Waals surface area contributed by atoms with Crippen molar-refractivity contribution in [3.63, 3.8) is 0 Å². The van der Waals surface area contributed by atoms with Crippen LogP contribution in [0.5, 0.6) is 11.5 Å². The van der Waals surface area contributed by atoms with Gasteiger partial charge in [0.25, 0.3) is 0 Å². The monoisotopic (exact) mass is 337 g/mol. The summed E-state index contributed by atoms with van der Waals surface area (Å²) in [4.78, 5) is 10.1.